The monoisotopic (exact) mass is 401 g/mol. The van der Waals surface area contributed by atoms with Gasteiger partial charge in [0.1, 0.15) is 5.76 Å². The van der Waals surface area contributed by atoms with Crippen molar-refractivity contribution in [2.45, 2.75) is 115 Å². The molecule has 2 saturated carbocycles. The van der Waals surface area contributed by atoms with Gasteiger partial charge in [-0.15, -0.1) is 0 Å². The van der Waals surface area contributed by atoms with Crippen LogP contribution in [0.1, 0.15) is 112 Å². The van der Waals surface area contributed by atoms with E-state index in [2.05, 4.69) is 15.0 Å². The molecule has 0 unspecified atom stereocenters. The third-order valence-corrected chi connectivity index (χ3v) is 7.44. The zero-order valence-corrected chi connectivity index (χ0v) is 18.3. The summed E-state index contributed by atoms with van der Waals surface area (Å²) in [6.45, 7) is 5.02. The number of rotatable bonds is 5. The van der Waals surface area contributed by atoms with E-state index in [9.17, 15) is 4.79 Å². The standard InChI is InChI=1S/C24H39N3O2/c1-19-22(18-26-16-10-2-3-11-17-26)23(25-29-19)24(28)27(20-12-6-4-7-13-20)21-14-8-5-9-15-21/h20-21H,2-18H2,1H3. The number of carbonyl (C=O) groups is 1. The summed E-state index contributed by atoms with van der Waals surface area (Å²) >= 11 is 0. The van der Waals surface area contributed by atoms with E-state index >= 15 is 0 Å². The molecule has 0 atom stereocenters. The Labute approximate surface area is 176 Å². The Hall–Kier alpha value is -1.36. The normalized spacial score (nSPS) is 23.1. The van der Waals surface area contributed by atoms with Crippen molar-refractivity contribution in [2.24, 2.45) is 0 Å². The lowest BCUT2D eigenvalue weighted by molar-refractivity contribution is 0.0436. The highest BCUT2D eigenvalue weighted by Crippen LogP contribution is 2.32. The van der Waals surface area contributed by atoms with E-state index < -0.39 is 0 Å². The van der Waals surface area contributed by atoms with Gasteiger partial charge in [0.05, 0.1) is 0 Å². The lowest BCUT2D eigenvalue weighted by atomic mass is 9.88. The predicted octanol–water partition coefficient (Wildman–Crippen LogP) is 5.47. The van der Waals surface area contributed by atoms with Crippen LogP contribution in [-0.2, 0) is 6.54 Å². The van der Waals surface area contributed by atoms with Crippen LogP contribution < -0.4 is 0 Å². The molecule has 1 saturated heterocycles. The largest absolute Gasteiger partial charge is 0.361 e. The van der Waals surface area contributed by atoms with Crippen molar-refractivity contribution in [3.63, 3.8) is 0 Å². The molecule has 0 N–H and O–H groups in total. The Bertz CT molecular complexity index is 633. The Balaban J connectivity index is 1.56. The van der Waals surface area contributed by atoms with E-state index in [4.69, 9.17) is 4.52 Å². The Morgan fingerprint density at radius 2 is 1.41 bits per heavy atom. The summed E-state index contributed by atoms with van der Waals surface area (Å²) in [5.41, 5.74) is 1.64. The second-order valence-corrected chi connectivity index (χ2v) is 9.55. The molecular weight excluding hydrogens is 362 g/mol. The van der Waals surface area contributed by atoms with Crippen LogP contribution >= 0.6 is 0 Å². The summed E-state index contributed by atoms with van der Waals surface area (Å²) in [4.78, 5) is 18.6. The van der Waals surface area contributed by atoms with Crippen molar-refractivity contribution >= 4 is 5.91 Å². The number of hydrogen-bond acceptors (Lipinski definition) is 4. The summed E-state index contributed by atoms with van der Waals surface area (Å²) in [5.74, 6) is 0.968. The molecule has 3 aliphatic rings. The van der Waals surface area contributed by atoms with Gasteiger partial charge in [-0.1, -0.05) is 56.5 Å². The van der Waals surface area contributed by atoms with Crippen LogP contribution in [0.25, 0.3) is 0 Å². The second kappa shape index (κ2) is 10.1. The van der Waals surface area contributed by atoms with Crippen molar-refractivity contribution < 1.29 is 9.32 Å². The highest BCUT2D eigenvalue weighted by molar-refractivity contribution is 5.94. The van der Waals surface area contributed by atoms with Gasteiger partial charge < -0.3 is 9.42 Å². The van der Waals surface area contributed by atoms with Crippen LogP contribution in [0.15, 0.2) is 4.52 Å². The SMILES string of the molecule is Cc1onc(C(=O)N(C2CCCCC2)C2CCCCC2)c1CN1CCCCCC1. The molecule has 2 aliphatic carbocycles. The van der Waals surface area contributed by atoms with Crippen molar-refractivity contribution in [1.82, 2.24) is 15.0 Å². The first kappa shape index (κ1) is 20.9. The summed E-state index contributed by atoms with van der Waals surface area (Å²) in [5, 5.41) is 4.32. The third-order valence-electron chi connectivity index (χ3n) is 7.44. The van der Waals surface area contributed by atoms with E-state index in [0.717, 1.165) is 56.6 Å². The maximum Gasteiger partial charge on any atom is 0.276 e. The first-order chi connectivity index (χ1) is 14.2. The van der Waals surface area contributed by atoms with E-state index in [1.54, 1.807) is 0 Å². The molecule has 1 aromatic rings. The number of aromatic nitrogens is 1. The lowest BCUT2D eigenvalue weighted by Crippen LogP contribution is -2.49. The summed E-state index contributed by atoms with van der Waals surface area (Å²) in [7, 11) is 0. The fraction of sp³-hybridized carbons (Fsp3) is 0.833. The topological polar surface area (TPSA) is 49.6 Å². The Kier molecular flexibility index (Phi) is 7.28. The van der Waals surface area contributed by atoms with Gasteiger partial charge in [-0.2, -0.15) is 0 Å². The predicted molar refractivity (Wildman–Crippen MR) is 115 cm³/mol. The molecule has 0 aromatic carbocycles. The molecule has 1 aliphatic heterocycles. The van der Waals surface area contributed by atoms with Gasteiger partial charge in [-0.05, 0) is 58.5 Å². The molecule has 0 radical (unpaired) electrons. The molecule has 2 heterocycles. The van der Waals surface area contributed by atoms with Crippen LogP contribution in [0, 0.1) is 6.92 Å². The third kappa shape index (κ3) is 5.04. The van der Waals surface area contributed by atoms with Gasteiger partial charge in [0, 0.05) is 24.2 Å². The fourth-order valence-corrected chi connectivity index (χ4v) is 5.73. The minimum absolute atomic E-state index is 0.144. The smallest absolute Gasteiger partial charge is 0.276 e. The molecule has 5 nitrogen and oxygen atoms in total. The molecule has 0 bridgehead atoms. The van der Waals surface area contributed by atoms with Crippen LogP contribution in [-0.4, -0.2) is 46.0 Å². The molecule has 3 fully saturated rings. The maximum atomic E-state index is 13.9. The number of carbonyl (C=O) groups excluding carboxylic acids is 1. The van der Waals surface area contributed by atoms with Gasteiger partial charge in [-0.25, -0.2) is 0 Å². The number of aryl methyl sites for hydroxylation is 1. The highest BCUT2D eigenvalue weighted by Gasteiger charge is 2.36. The minimum atomic E-state index is 0.144. The summed E-state index contributed by atoms with van der Waals surface area (Å²) in [6.07, 6.45) is 17.4. The van der Waals surface area contributed by atoms with Crippen molar-refractivity contribution in [3.05, 3.63) is 17.0 Å². The quantitative estimate of drug-likeness (QED) is 0.657. The molecule has 29 heavy (non-hydrogen) atoms. The Morgan fingerprint density at radius 1 is 0.897 bits per heavy atom. The molecule has 1 amide bonds. The Morgan fingerprint density at radius 3 is 1.97 bits per heavy atom. The number of likely N-dealkylation sites (tertiary alicyclic amines) is 1. The number of nitrogens with zero attached hydrogens (tertiary/aromatic N) is 3. The van der Waals surface area contributed by atoms with Crippen molar-refractivity contribution in [3.8, 4) is 0 Å². The molecule has 4 rings (SSSR count). The molecule has 0 spiro atoms. The first-order valence-corrected chi connectivity index (χ1v) is 12.2. The zero-order chi connectivity index (χ0) is 20.1. The van der Waals surface area contributed by atoms with E-state index in [1.807, 2.05) is 6.92 Å². The van der Waals surface area contributed by atoms with Gasteiger partial charge in [0.2, 0.25) is 0 Å². The van der Waals surface area contributed by atoms with Gasteiger partial charge in [0.15, 0.2) is 5.69 Å². The maximum absolute atomic E-state index is 13.9. The lowest BCUT2D eigenvalue weighted by Gasteiger charge is -2.41. The van der Waals surface area contributed by atoms with E-state index in [0.29, 0.717) is 17.8 Å². The number of hydrogen-bond donors (Lipinski definition) is 0. The minimum Gasteiger partial charge on any atom is -0.361 e. The van der Waals surface area contributed by atoms with Crippen molar-refractivity contribution in [1.29, 1.82) is 0 Å². The van der Waals surface area contributed by atoms with Gasteiger partial charge in [-0.3, -0.25) is 9.69 Å². The molecular formula is C24H39N3O2. The number of amides is 1. The zero-order valence-electron chi connectivity index (χ0n) is 18.3. The molecule has 1 aromatic heterocycles. The average Bonchev–Trinajstić information content (AvgIpc) is 2.94. The summed E-state index contributed by atoms with van der Waals surface area (Å²) < 4.78 is 5.59. The summed E-state index contributed by atoms with van der Waals surface area (Å²) in [6, 6.07) is 0.782. The van der Waals surface area contributed by atoms with Gasteiger partial charge >= 0.3 is 0 Å². The second-order valence-electron chi connectivity index (χ2n) is 9.55. The molecule has 162 valence electrons. The molecule has 5 heteroatoms. The van der Waals surface area contributed by atoms with E-state index in [-0.39, 0.29) is 5.91 Å². The van der Waals surface area contributed by atoms with Crippen LogP contribution in [0.5, 0.6) is 0 Å². The first-order valence-electron chi connectivity index (χ1n) is 12.2. The van der Waals surface area contributed by atoms with Crippen LogP contribution in [0.4, 0.5) is 0 Å². The highest BCUT2D eigenvalue weighted by atomic mass is 16.5. The van der Waals surface area contributed by atoms with Gasteiger partial charge in [0.25, 0.3) is 5.91 Å². The average molecular weight is 402 g/mol. The fourth-order valence-electron chi connectivity index (χ4n) is 5.73. The van der Waals surface area contributed by atoms with Crippen molar-refractivity contribution in [2.75, 3.05) is 13.1 Å². The van der Waals surface area contributed by atoms with Crippen LogP contribution in [0.3, 0.4) is 0 Å². The van der Waals surface area contributed by atoms with Crippen LogP contribution in [0.2, 0.25) is 0 Å². The van der Waals surface area contributed by atoms with E-state index in [1.165, 1.54) is 64.2 Å².